The van der Waals surface area contributed by atoms with Gasteiger partial charge < -0.3 is 10.0 Å². The highest BCUT2D eigenvalue weighted by atomic mass is 35.5. The van der Waals surface area contributed by atoms with Crippen LogP contribution in [-0.4, -0.2) is 50.0 Å². The summed E-state index contributed by atoms with van der Waals surface area (Å²) in [5, 5.41) is 13.5. The number of Topliss-reactive ketones (excluding diaryl/α,β-unsaturated/α-hetero) is 1. The first kappa shape index (κ1) is 28.9. The van der Waals surface area contributed by atoms with Crippen LogP contribution in [-0.2, 0) is 11.0 Å². The molecular formula is C28H30Cl2F3N3O4. The van der Waals surface area contributed by atoms with Gasteiger partial charge in [-0.15, -0.1) is 0 Å². The van der Waals surface area contributed by atoms with Gasteiger partial charge in [0.05, 0.1) is 45.9 Å². The lowest BCUT2D eigenvalue weighted by atomic mass is 9.62. The number of aromatic nitrogens is 2. The third-order valence-corrected chi connectivity index (χ3v) is 9.73. The summed E-state index contributed by atoms with van der Waals surface area (Å²) in [5.74, 6) is -3.02. The Kier molecular flexibility index (Phi) is 7.96. The summed E-state index contributed by atoms with van der Waals surface area (Å²) in [5.41, 5.74) is -1.95. The molecular weight excluding hydrogens is 570 g/mol. The normalized spacial score (nSPS) is 24.1. The number of rotatable bonds is 7. The number of ketones is 1. The zero-order chi connectivity index (χ0) is 28.8. The Labute approximate surface area is 239 Å². The van der Waals surface area contributed by atoms with E-state index in [1.54, 1.807) is 6.07 Å². The van der Waals surface area contributed by atoms with Gasteiger partial charge in [-0.1, -0.05) is 42.1 Å². The van der Waals surface area contributed by atoms with E-state index in [0.29, 0.717) is 6.42 Å². The van der Waals surface area contributed by atoms with E-state index in [1.165, 1.54) is 17.0 Å². The number of alkyl halides is 3. The number of halogens is 5. The van der Waals surface area contributed by atoms with Gasteiger partial charge in [0.15, 0.2) is 11.5 Å². The fourth-order valence-electron chi connectivity index (χ4n) is 6.95. The minimum absolute atomic E-state index is 0.0327. The van der Waals surface area contributed by atoms with Crippen LogP contribution in [0, 0.1) is 11.3 Å². The minimum Gasteiger partial charge on any atom is -0.481 e. The van der Waals surface area contributed by atoms with Crippen molar-refractivity contribution in [2.45, 2.75) is 82.5 Å². The van der Waals surface area contributed by atoms with E-state index in [1.807, 2.05) is 0 Å². The Hall–Kier alpha value is -2.59. The molecule has 3 aliphatic carbocycles. The van der Waals surface area contributed by atoms with Crippen molar-refractivity contribution >= 4 is 40.9 Å². The van der Waals surface area contributed by atoms with Crippen molar-refractivity contribution in [2.75, 3.05) is 6.54 Å². The van der Waals surface area contributed by atoms with Gasteiger partial charge in [-0.3, -0.25) is 19.1 Å². The third-order valence-electron chi connectivity index (χ3n) is 9.10. The Morgan fingerprint density at radius 3 is 2.17 bits per heavy atom. The van der Waals surface area contributed by atoms with Gasteiger partial charge in [-0.25, -0.2) is 0 Å². The van der Waals surface area contributed by atoms with Gasteiger partial charge in [0.2, 0.25) is 0 Å². The molecule has 1 spiro atoms. The number of carbonyl (C=O) groups excluding carboxylic acids is 2. The Balaban J connectivity index is 1.50. The van der Waals surface area contributed by atoms with Gasteiger partial charge in [-0.2, -0.15) is 18.3 Å². The van der Waals surface area contributed by atoms with Crippen molar-refractivity contribution < 1.29 is 32.7 Å². The molecule has 40 heavy (non-hydrogen) atoms. The zero-order valence-corrected chi connectivity index (χ0v) is 23.2. The summed E-state index contributed by atoms with van der Waals surface area (Å²) < 4.78 is 44.4. The lowest BCUT2D eigenvalue weighted by Crippen LogP contribution is -2.57. The summed E-state index contributed by atoms with van der Waals surface area (Å²) in [6.45, 7) is -0.457. The molecule has 3 fully saturated rings. The van der Waals surface area contributed by atoms with Gasteiger partial charge in [0, 0.05) is 6.04 Å². The molecule has 7 nitrogen and oxygen atoms in total. The fourth-order valence-corrected chi connectivity index (χ4v) is 7.56. The van der Waals surface area contributed by atoms with Crippen molar-refractivity contribution in [2.24, 2.45) is 11.3 Å². The van der Waals surface area contributed by atoms with Gasteiger partial charge >= 0.3 is 12.1 Å². The third kappa shape index (κ3) is 5.24. The molecule has 2 aromatic rings. The van der Waals surface area contributed by atoms with Crippen LogP contribution >= 0.6 is 23.2 Å². The van der Waals surface area contributed by atoms with Gasteiger partial charge in [0.25, 0.3) is 5.91 Å². The van der Waals surface area contributed by atoms with Crippen LogP contribution in [0.1, 0.15) is 96.7 Å². The van der Waals surface area contributed by atoms with E-state index in [4.69, 9.17) is 23.2 Å². The lowest BCUT2D eigenvalue weighted by molar-refractivity contribution is -0.147. The largest absolute Gasteiger partial charge is 0.481 e. The highest BCUT2D eigenvalue weighted by molar-refractivity contribution is 6.40. The molecule has 1 atom stereocenters. The van der Waals surface area contributed by atoms with Gasteiger partial charge in [-0.05, 0) is 68.9 Å². The molecule has 0 unspecified atom stereocenters. The number of aliphatic carboxylic acids is 1. The molecule has 1 amide bonds. The first-order valence-electron chi connectivity index (χ1n) is 13.6. The van der Waals surface area contributed by atoms with Crippen LogP contribution in [0.25, 0.3) is 0 Å². The maximum Gasteiger partial charge on any atom is 0.433 e. The Bertz CT molecular complexity index is 1290. The summed E-state index contributed by atoms with van der Waals surface area (Å²) >= 11 is 12.5. The number of nitrogens with zero attached hydrogens (tertiary/aromatic N) is 3. The average Bonchev–Trinajstić information content (AvgIpc) is 3.56. The quantitative estimate of drug-likeness (QED) is 0.343. The molecule has 0 aliphatic heterocycles. The first-order valence-corrected chi connectivity index (χ1v) is 14.3. The van der Waals surface area contributed by atoms with Crippen LogP contribution in [0.2, 0.25) is 10.0 Å². The number of benzene rings is 1. The first-order chi connectivity index (χ1) is 18.9. The lowest BCUT2D eigenvalue weighted by Gasteiger charge is -2.52. The van der Waals surface area contributed by atoms with E-state index in [0.717, 1.165) is 43.0 Å². The topological polar surface area (TPSA) is 92.5 Å². The molecule has 0 saturated heterocycles. The fraction of sp³-hybridized carbons (Fsp3) is 0.571. The summed E-state index contributed by atoms with van der Waals surface area (Å²) in [6.07, 6.45) is 1.97. The summed E-state index contributed by atoms with van der Waals surface area (Å²) in [4.78, 5) is 40.1. The number of hydrogen-bond acceptors (Lipinski definition) is 4. The summed E-state index contributed by atoms with van der Waals surface area (Å²) in [6, 6.07) is 3.51. The van der Waals surface area contributed by atoms with Gasteiger partial charge in [0.1, 0.15) is 0 Å². The maximum absolute atomic E-state index is 14.5. The van der Waals surface area contributed by atoms with Crippen LogP contribution in [0.15, 0.2) is 24.4 Å². The Morgan fingerprint density at radius 2 is 1.65 bits per heavy atom. The number of hydrogen-bond donors (Lipinski definition) is 1. The van der Waals surface area contributed by atoms with Crippen LogP contribution in [0.3, 0.4) is 0 Å². The molecule has 0 radical (unpaired) electrons. The summed E-state index contributed by atoms with van der Waals surface area (Å²) in [7, 11) is 0. The molecule has 1 heterocycles. The van der Waals surface area contributed by atoms with Crippen molar-refractivity contribution in [1.29, 1.82) is 0 Å². The van der Waals surface area contributed by atoms with E-state index < -0.39 is 53.6 Å². The van der Waals surface area contributed by atoms with Crippen molar-refractivity contribution in [3.63, 3.8) is 0 Å². The smallest absolute Gasteiger partial charge is 0.433 e. The number of carboxylic acid groups (broad SMARTS) is 1. The van der Waals surface area contributed by atoms with E-state index in [2.05, 4.69) is 5.10 Å². The molecule has 12 heteroatoms. The standard InChI is InChI=1S/C28H30Cl2F3N3O4/c29-19-4-3-5-20(30)23(19)21(37)15-35(22-10-13-27(22)11-1-2-12-27)25(38)18-14-34-36(24(18)28(31,32)33)17-8-6-16(7-9-17)26(39)40/h3-5,14,16-17,22H,1-2,6-13,15H2,(H,39,40)/t16-,17+,22-/m1/s1. The highest BCUT2D eigenvalue weighted by Gasteiger charge is 2.53. The van der Waals surface area contributed by atoms with Crippen molar-refractivity contribution in [3.05, 3.63) is 51.3 Å². The monoisotopic (exact) mass is 599 g/mol. The molecule has 3 saturated carbocycles. The molecule has 0 bridgehead atoms. The van der Waals surface area contributed by atoms with E-state index in [-0.39, 0.29) is 52.7 Å². The van der Waals surface area contributed by atoms with Crippen LogP contribution in [0.4, 0.5) is 13.2 Å². The predicted octanol–water partition coefficient (Wildman–Crippen LogP) is 7.07. The number of carbonyl (C=O) groups is 3. The average molecular weight is 600 g/mol. The van der Waals surface area contributed by atoms with E-state index >= 15 is 0 Å². The Morgan fingerprint density at radius 1 is 1.02 bits per heavy atom. The van der Waals surface area contributed by atoms with E-state index in [9.17, 15) is 32.7 Å². The molecule has 1 N–H and O–H groups in total. The van der Waals surface area contributed by atoms with Crippen molar-refractivity contribution in [3.8, 4) is 0 Å². The predicted molar refractivity (Wildman–Crippen MR) is 142 cm³/mol. The molecule has 1 aromatic carbocycles. The zero-order valence-electron chi connectivity index (χ0n) is 21.7. The second-order valence-electron chi connectivity index (χ2n) is 11.3. The van der Waals surface area contributed by atoms with Crippen molar-refractivity contribution in [1.82, 2.24) is 14.7 Å². The molecule has 216 valence electrons. The minimum atomic E-state index is -4.89. The maximum atomic E-state index is 14.5. The molecule has 3 aliphatic rings. The number of amides is 1. The SMILES string of the molecule is O=C(CN(C(=O)c1cnn([C@H]2CC[C@@H](C(=O)O)CC2)c1C(F)(F)F)[C@@H]1CCC12CCCC2)c1c(Cl)cccc1Cl. The van der Waals surface area contributed by atoms with Crippen LogP contribution < -0.4 is 0 Å². The number of carboxylic acids is 1. The second kappa shape index (κ2) is 11.0. The molecule has 5 rings (SSSR count). The molecule has 1 aromatic heterocycles. The highest BCUT2D eigenvalue weighted by Crippen LogP contribution is 2.55. The van der Waals surface area contributed by atoms with Crippen LogP contribution in [0.5, 0.6) is 0 Å². The second-order valence-corrected chi connectivity index (χ2v) is 12.1.